The topological polar surface area (TPSA) is 72.7 Å². The maximum absolute atomic E-state index is 12.9. The van der Waals surface area contributed by atoms with Crippen LogP contribution in [0.25, 0.3) is 21.9 Å². The fraction of sp³-hybridized carbons (Fsp3) is 0.370. The Morgan fingerprint density at radius 3 is 2.74 bits per heavy atom. The second-order valence-electron chi connectivity index (χ2n) is 9.41. The van der Waals surface area contributed by atoms with Crippen molar-refractivity contribution in [3.8, 4) is 5.88 Å². The molecule has 1 atom stereocenters. The van der Waals surface area contributed by atoms with E-state index < -0.39 is 0 Å². The third kappa shape index (κ3) is 3.97. The number of carbonyl (C=O) groups is 1. The summed E-state index contributed by atoms with van der Waals surface area (Å²) >= 11 is 0. The van der Waals surface area contributed by atoms with Gasteiger partial charge in [-0.3, -0.25) is 9.88 Å². The van der Waals surface area contributed by atoms with Crippen LogP contribution in [0.4, 0.5) is 4.79 Å². The molecular formula is C27H29N5O3. The molecule has 0 saturated carbocycles. The lowest BCUT2D eigenvalue weighted by atomic mass is 10.0. The number of hydrogen-bond donors (Lipinski definition) is 0. The van der Waals surface area contributed by atoms with Crippen molar-refractivity contribution in [2.75, 3.05) is 26.7 Å². The van der Waals surface area contributed by atoms with E-state index >= 15 is 0 Å². The maximum Gasteiger partial charge on any atom is 0.410 e. The van der Waals surface area contributed by atoms with Crippen LogP contribution in [0, 0.1) is 0 Å². The molecule has 1 unspecified atom stereocenters. The van der Waals surface area contributed by atoms with Gasteiger partial charge in [0.2, 0.25) is 5.88 Å². The number of carbonyl (C=O) groups excluding carboxylic acids is 1. The van der Waals surface area contributed by atoms with Crippen molar-refractivity contribution in [1.82, 2.24) is 24.3 Å². The molecule has 0 bridgehead atoms. The van der Waals surface area contributed by atoms with Crippen LogP contribution in [0.1, 0.15) is 30.2 Å². The van der Waals surface area contributed by atoms with Crippen LogP contribution in [-0.4, -0.2) is 63.2 Å². The Bertz CT molecular complexity index is 1390. The molecule has 8 nitrogen and oxygen atoms in total. The zero-order chi connectivity index (χ0) is 23.9. The summed E-state index contributed by atoms with van der Waals surface area (Å²) in [7, 11) is 3.73. The van der Waals surface area contributed by atoms with Crippen LogP contribution in [0.15, 0.2) is 54.7 Å². The average molecular weight is 472 g/mol. The first-order valence-corrected chi connectivity index (χ1v) is 12.1. The molecule has 2 aliphatic rings. The van der Waals surface area contributed by atoms with Gasteiger partial charge in [-0.05, 0) is 42.5 Å². The van der Waals surface area contributed by atoms with Crippen molar-refractivity contribution >= 4 is 28.0 Å². The lowest BCUT2D eigenvalue weighted by Gasteiger charge is -2.35. The van der Waals surface area contributed by atoms with Gasteiger partial charge in [-0.15, -0.1) is 0 Å². The molecule has 0 aliphatic carbocycles. The van der Waals surface area contributed by atoms with Gasteiger partial charge < -0.3 is 18.9 Å². The van der Waals surface area contributed by atoms with Gasteiger partial charge >= 0.3 is 6.09 Å². The van der Waals surface area contributed by atoms with Crippen molar-refractivity contribution < 1.29 is 14.3 Å². The number of aromatic nitrogens is 3. The molecule has 8 heteroatoms. The number of benzene rings is 1. The van der Waals surface area contributed by atoms with Crippen LogP contribution in [0.3, 0.4) is 0 Å². The summed E-state index contributed by atoms with van der Waals surface area (Å²) in [6.45, 7) is 3.36. The minimum Gasteiger partial charge on any atom is -0.481 e. The molecule has 2 saturated heterocycles. The summed E-state index contributed by atoms with van der Waals surface area (Å²) in [5, 5.41) is 1.28. The van der Waals surface area contributed by atoms with Crippen LogP contribution in [0.2, 0.25) is 0 Å². The Kier molecular flexibility index (Phi) is 5.53. The fourth-order valence-corrected chi connectivity index (χ4v) is 5.46. The molecule has 1 amide bonds. The molecule has 2 fully saturated rings. The molecule has 6 rings (SSSR count). The van der Waals surface area contributed by atoms with E-state index in [9.17, 15) is 4.79 Å². The van der Waals surface area contributed by atoms with Gasteiger partial charge in [-0.25, -0.2) is 9.78 Å². The van der Waals surface area contributed by atoms with Crippen LogP contribution in [0.5, 0.6) is 5.88 Å². The molecule has 35 heavy (non-hydrogen) atoms. The Morgan fingerprint density at radius 1 is 1.11 bits per heavy atom. The average Bonchev–Trinajstić information content (AvgIpc) is 3.43. The minimum absolute atomic E-state index is 0.187. The van der Waals surface area contributed by atoms with Crippen LogP contribution in [-0.2, 0) is 18.3 Å². The molecule has 3 aromatic heterocycles. The number of hydrogen-bond acceptors (Lipinski definition) is 6. The molecule has 0 N–H and O–H groups in total. The summed E-state index contributed by atoms with van der Waals surface area (Å²) in [6, 6.07) is 16.5. The second kappa shape index (κ2) is 8.85. The Labute approximate surface area is 204 Å². The van der Waals surface area contributed by atoms with E-state index in [1.54, 1.807) is 19.4 Å². The number of ether oxygens (including phenoxy) is 2. The van der Waals surface area contributed by atoms with Gasteiger partial charge in [-0.2, -0.15) is 0 Å². The molecule has 1 aromatic carbocycles. The van der Waals surface area contributed by atoms with Crippen molar-refractivity contribution in [3.05, 3.63) is 66.0 Å². The summed E-state index contributed by atoms with van der Waals surface area (Å²) < 4.78 is 13.4. The molecular weight excluding hydrogens is 442 g/mol. The number of piperidine rings is 1. The van der Waals surface area contributed by atoms with E-state index in [0.29, 0.717) is 12.4 Å². The van der Waals surface area contributed by atoms with E-state index in [0.717, 1.165) is 49.1 Å². The third-order valence-corrected chi connectivity index (χ3v) is 7.42. The number of pyridine rings is 2. The zero-order valence-electron chi connectivity index (χ0n) is 20.1. The molecule has 0 spiro atoms. The number of amides is 1. The largest absolute Gasteiger partial charge is 0.481 e. The molecule has 4 aromatic rings. The third-order valence-electron chi connectivity index (χ3n) is 7.42. The van der Waals surface area contributed by atoms with E-state index in [1.807, 2.05) is 17.0 Å². The van der Waals surface area contributed by atoms with Gasteiger partial charge in [0, 0.05) is 61.8 Å². The number of rotatable bonds is 5. The SMILES string of the molecule is COc1ccc2nccc(C3CN(C4CCN(Cc5cc6ccccc6n5C)CC4)C(=O)O3)c2n1. The highest BCUT2D eigenvalue weighted by atomic mass is 16.6. The first kappa shape index (κ1) is 21.9. The summed E-state index contributed by atoms with van der Waals surface area (Å²) in [6.07, 6.45) is 3.02. The minimum atomic E-state index is -0.360. The number of likely N-dealkylation sites (tertiary alicyclic amines) is 1. The van der Waals surface area contributed by atoms with Crippen LogP contribution >= 0.6 is 0 Å². The standard InChI is InChI=1S/C27H29N5O3/c1-30-20(15-18-5-3-4-6-23(18)30)16-31-13-10-19(11-14-31)32-17-24(35-27(32)33)21-9-12-28-22-7-8-25(34-2)29-26(21)22/h3-9,12,15,19,24H,10-11,13-14,16-17H2,1-2H3. The fourth-order valence-electron chi connectivity index (χ4n) is 5.46. The van der Waals surface area contributed by atoms with Gasteiger partial charge in [0.15, 0.2) is 0 Å². The van der Waals surface area contributed by atoms with Crippen LogP contribution < -0.4 is 4.74 Å². The van der Waals surface area contributed by atoms with Gasteiger partial charge in [0.05, 0.1) is 24.7 Å². The van der Waals surface area contributed by atoms with E-state index in [1.165, 1.54) is 16.6 Å². The predicted octanol–water partition coefficient (Wildman–Crippen LogP) is 4.29. The van der Waals surface area contributed by atoms with Crippen molar-refractivity contribution in [1.29, 1.82) is 0 Å². The first-order valence-electron chi connectivity index (χ1n) is 12.1. The summed E-state index contributed by atoms with van der Waals surface area (Å²) in [5.74, 6) is 0.520. The highest BCUT2D eigenvalue weighted by molar-refractivity contribution is 5.81. The van der Waals surface area contributed by atoms with Crippen molar-refractivity contribution in [3.63, 3.8) is 0 Å². The Balaban J connectivity index is 1.13. The number of cyclic esters (lactones) is 1. The number of para-hydroxylation sites is 1. The molecule has 5 heterocycles. The molecule has 0 radical (unpaired) electrons. The second-order valence-corrected chi connectivity index (χ2v) is 9.41. The van der Waals surface area contributed by atoms with Gasteiger partial charge in [-0.1, -0.05) is 18.2 Å². The molecule has 2 aliphatic heterocycles. The lowest BCUT2D eigenvalue weighted by molar-refractivity contribution is 0.109. The highest BCUT2D eigenvalue weighted by Crippen LogP contribution is 2.33. The predicted molar refractivity (Wildman–Crippen MR) is 133 cm³/mol. The lowest BCUT2D eigenvalue weighted by Crippen LogP contribution is -2.45. The monoisotopic (exact) mass is 471 g/mol. The van der Waals surface area contributed by atoms with Crippen molar-refractivity contribution in [2.45, 2.75) is 31.5 Å². The number of fused-ring (bicyclic) bond motifs is 2. The van der Waals surface area contributed by atoms with E-state index in [4.69, 9.17) is 9.47 Å². The molecule has 180 valence electrons. The quantitative estimate of drug-likeness (QED) is 0.432. The highest BCUT2D eigenvalue weighted by Gasteiger charge is 2.39. The summed E-state index contributed by atoms with van der Waals surface area (Å²) in [5.41, 5.74) is 4.94. The number of nitrogens with zero attached hydrogens (tertiary/aromatic N) is 5. The summed E-state index contributed by atoms with van der Waals surface area (Å²) in [4.78, 5) is 26.2. The van der Waals surface area contributed by atoms with Gasteiger partial charge in [0.25, 0.3) is 0 Å². The first-order chi connectivity index (χ1) is 17.1. The van der Waals surface area contributed by atoms with Gasteiger partial charge in [0.1, 0.15) is 6.10 Å². The van der Waals surface area contributed by atoms with E-state index in [-0.39, 0.29) is 18.2 Å². The number of methoxy groups -OCH3 is 1. The smallest absolute Gasteiger partial charge is 0.410 e. The number of aryl methyl sites for hydroxylation is 1. The normalized spacial score (nSPS) is 19.5. The van der Waals surface area contributed by atoms with Crippen molar-refractivity contribution in [2.24, 2.45) is 7.05 Å². The maximum atomic E-state index is 12.9. The Morgan fingerprint density at radius 2 is 1.94 bits per heavy atom. The van der Waals surface area contributed by atoms with E-state index in [2.05, 4.69) is 56.8 Å². The Hall–Kier alpha value is -3.65. The zero-order valence-corrected chi connectivity index (χ0v) is 20.1.